The SMILES string of the molecule is I[C@H]1C[C@H]1COCc1ccccc1. The average Bonchev–Trinajstić information content (AvgIpc) is 2.84. The maximum Gasteiger partial charge on any atom is 0.0717 e. The summed E-state index contributed by atoms with van der Waals surface area (Å²) in [6.07, 6.45) is 1.34. The monoisotopic (exact) mass is 288 g/mol. The third-order valence-electron chi connectivity index (χ3n) is 2.28. The summed E-state index contributed by atoms with van der Waals surface area (Å²) in [4.78, 5) is 0. The summed E-state index contributed by atoms with van der Waals surface area (Å²) in [6, 6.07) is 10.3. The molecule has 0 unspecified atom stereocenters. The molecule has 1 nitrogen and oxygen atoms in total. The van der Waals surface area contributed by atoms with E-state index in [0.717, 1.165) is 23.1 Å². The Bertz CT molecular complexity index is 260. The zero-order valence-electron chi connectivity index (χ0n) is 7.45. The van der Waals surface area contributed by atoms with E-state index >= 15 is 0 Å². The van der Waals surface area contributed by atoms with Crippen molar-refractivity contribution in [1.29, 1.82) is 0 Å². The zero-order valence-corrected chi connectivity index (χ0v) is 9.61. The lowest BCUT2D eigenvalue weighted by Gasteiger charge is -2.02. The molecule has 1 aliphatic rings. The third-order valence-corrected chi connectivity index (χ3v) is 3.81. The van der Waals surface area contributed by atoms with Gasteiger partial charge in [-0.1, -0.05) is 52.9 Å². The lowest BCUT2D eigenvalue weighted by Crippen LogP contribution is -1.98. The van der Waals surface area contributed by atoms with Crippen LogP contribution in [0.15, 0.2) is 30.3 Å². The van der Waals surface area contributed by atoms with Crippen LogP contribution < -0.4 is 0 Å². The van der Waals surface area contributed by atoms with Gasteiger partial charge >= 0.3 is 0 Å². The van der Waals surface area contributed by atoms with Crippen LogP contribution in [-0.2, 0) is 11.3 Å². The minimum absolute atomic E-state index is 0.765. The molecule has 0 amide bonds. The number of ether oxygens (including phenoxy) is 1. The first-order valence-electron chi connectivity index (χ1n) is 4.62. The van der Waals surface area contributed by atoms with Crippen LogP contribution in [0.2, 0.25) is 0 Å². The highest BCUT2D eigenvalue weighted by Gasteiger charge is 2.34. The molecule has 0 heterocycles. The van der Waals surface area contributed by atoms with Gasteiger partial charge in [0, 0.05) is 3.92 Å². The summed E-state index contributed by atoms with van der Waals surface area (Å²) in [5.41, 5.74) is 1.27. The van der Waals surface area contributed by atoms with E-state index in [1.54, 1.807) is 0 Å². The number of benzene rings is 1. The second-order valence-corrected chi connectivity index (χ2v) is 5.11. The Kier molecular flexibility index (Phi) is 3.22. The Morgan fingerprint density at radius 1 is 1.31 bits per heavy atom. The van der Waals surface area contributed by atoms with Crippen LogP contribution in [0.4, 0.5) is 0 Å². The molecule has 2 rings (SSSR count). The van der Waals surface area contributed by atoms with E-state index < -0.39 is 0 Å². The van der Waals surface area contributed by atoms with Gasteiger partial charge < -0.3 is 4.74 Å². The number of hydrogen-bond acceptors (Lipinski definition) is 1. The summed E-state index contributed by atoms with van der Waals surface area (Å²) in [7, 11) is 0. The summed E-state index contributed by atoms with van der Waals surface area (Å²) >= 11 is 2.49. The normalized spacial score (nSPS) is 25.9. The molecule has 0 N–H and O–H groups in total. The highest BCUT2D eigenvalue weighted by Crippen LogP contribution is 2.38. The predicted molar refractivity (Wildman–Crippen MR) is 62.0 cm³/mol. The van der Waals surface area contributed by atoms with Gasteiger partial charge in [-0.2, -0.15) is 0 Å². The molecule has 2 atom stereocenters. The topological polar surface area (TPSA) is 9.23 Å². The van der Waals surface area contributed by atoms with Crippen molar-refractivity contribution in [3.05, 3.63) is 35.9 Å². The van der Waals surface area contributed by atoms with Crippen molar-refractivity contribution in [3.63, 3.8) is 0 Å². The Morgan fingerprint density at radius 3 is 2.62 bits per heavy atom. The minimum Gasteiger partial charge on any atom is -0.376 e. The van der Waals surface area contributed by atoms with Crippen molar-refractivity contribution < 1.29 is 4.74 Å². The van der Waals surface area contributed by atoms with Gasteiger partial charge in [0.1, 0.15) is 0 Å². The zero-order chi connectivity index (χ0) is 9.10. The van der Waals surface area contributed by atoms with E-state index in [0.29, 0.717) is 0 Å². The first-order valence-corrected chi connectivity index (χ1v) is 5.86. The lowest BCUT2D eigenvalue weighted by atomic mass is 10.2. The number of rotatable bonds is 4. The molecule has 0 aliphatic heterocycles. The average molecular weight is 288 g/mol. The van der Waals surface area contributed by atoms with Crippen LogP contribution in [0.25, 0.3) is 0 Å². The van der Waals surface area contributed by atoms with E-state index in [9.17, 15) is 0 Å². The molecule has 1 saturated carbocycles. The van der Waals surface area contributed by atoms with Crippen LogP contribution >= 0.6 is 22.6 Å². The summed E-state index contributed by atoms with van der Waals surface area (Å²) in [5, 5.41) is 0. The first-order chi connectivity index (χ1) is 6.36. The molecule has 1 aromatic carbocycles. The largest absolute Gasteiger partial charge is 0.376 e. The third kappa shape index (κ3) is 2.95. The van der Waals surface area contributed by atoms with Gasteiger partial charge in [0.15, 0.2) is 0 Å². The predicted octanol–water partition coefficient (Wildman–Crippen LogP) is 3.03. The molecule has 0 radical (unpaired) electrons. The molecule has 0 saturated heterocycles. The maximum atomic E-state index is 5.61. The summed E-state index contributed by atoms with van der Waals surface area (Å²) in [6.45, 7) is 1.70. The van der Waals surface area contributed by atoms with Crippen LogP contribution in [0.5, 0.6) is 0 Å². The second kappa shape index (κ2) is 4.42. The van der Waals surface area contributed by atoms with Crippen LogP contribution in [0, 0.1) is 5.92 Å². The molecule has 0 spiro atoms. The van der Waals surface area contributed by atoms with Crippen molar-refractivity contribution in [2.75, 3.05) is 6.61 Å². The van der Waals surface area contributed by atoms with E-state index in [-0.39, 0.29) is 0 Å². The number of alkyl halides is 1. The summed E-state index contributed by atoms with van der Waals surface area (Å²) < 4.78 is 6.48. The molecule has 1 fully saturated rings. The lowest BCUT2D eigenvalue weighted by molar-refractivity contribution is 0.112. The molecule has 1 aliphatic carbocycles. The number of hydrogen-bond donors (Lipinski definition) is 0. The first kappa shape index (κ1) is 9.46. The Balaban J connectivity index is 1.68. The molecule has 70 valence electrons. The Labute approximate surface area is 92.6 Å². The molecular formula is C11H13IO. The molecule has 1 aromatic rings. The van der Waals surface area contributed by atoms with E-state index in [1.165, 1.54) is 12.0 Å². The van der Waals surface area contributed by atoms with E-state index in [4.69, 9.17) is 4.74 Å². The van der Waals surface area contributed by atoms with Gasteiger partial charge in [-0.15, -0.1) is 0 Å². The summed E-state index contributed by atoms with van der Waals surface area (Å²) in [5.74, 6) is 0.823. The van der Waals surface area contributed by atoms with Crippen LogP contribution in [0.1, 0.15) is 12.0 Å². The van der Waals surface area contributed by atoms with Gasteiger partial charge in [-0.25, -0.2) is 0 Å². The van der Waals surface area contributed by atoms with Crippen LogP contribution in [0.3, 0.4) is 0 Å². The van der Waals surface area contributed by atoms with Gasteiger partial charge in [0.05, 0.1) is 13.2 Å². The highest BCUT2D eigenvalue weighted by atomic mass is 127. The van der Waals surface area contributed by atoms with Gasteiger partial charge in [-0.3, -0.25) is 0 Å². The molecule has 0 bridgehead atoms. The molecular weight excluding hydrogens is 275 g/mol. The van der Waals surface area contributed by atoms with Crippen molar-refractivity contribution in [2.24, 2.45) is 5.92 Å². The Hall–Kier alpha value is -0.0900. The van der Waals surface area contributed by atoms with Crippen LogP contribution in [-0.4, -0.2) is 10.5 Å². The maximum absolute atomic E-state index is 5.61. The fourth-order valence-corrected chi connectivity index (χ4v) is 2.15. The second-order valence-electron chi connectivity index (χ2n) is 3.51. The molecule has 2 heteroatoms. The van der Waals surface area contributed by atoms with Gasteiger partial charge in [0.2, 0.25) is 0 Å². The van der Waals surface area contributed by atoms with Gasteiger partial charge in [0.25, 0.3) is 0 Å². The van der Waals surface area contributed by atoms with E-state index in [1.807, 2.05) is 6.07 Å². The Morgan fingerprint density at radius 2 is 2.00 bits per heavy atom. The number of halogens is 1. The standard InChI is InChI=1S/C11H13IO/c12-11-6-10(11)8-13-7-9-4-2-1-3-5-9/h1-5,10-11H,6-8H2/t10-,11-/m0/s1. The fourth-order valence-electron chi connectivity index (χ4n) is 1.29. The quantitative estimate of drug-likeness (QED) is 0.611. The van der Waals surface area contributed by atoms with Crippen molar-refractivity contribution in [2.45, 2.75) is 17.0 Å². The van der Waals surface area contributed by atoms with E-state index in [2.05, 4.69) is 46.9 Å². The molecule has 13 heavy (non-hydrogen) atoms. The van der Waals surface area contributed by atoms with Crippen molar-refractivity contribution in [3.8, 4) is 0 Å². The van der Waals surface area contributed by atoms with Crippen molar-refractivity contribution >= 4 is 22.6 Å². The highest BCUT2D eigenvalue weighted by molar-refractivity contribution is 14.1. The van der Waals surface area contributed by atoms with Crippen molar-refractivity contribution in [1.82, 2.24) is 0 Å². The van der Waals surface area contributed by atoms with Gasteiger partial charge in [-0.05, 0) is 17.9 Å². The fraction of sp³-hybridized carbons (Fsp3) is 0.455. The smallest absolute Gasteiger partial charge is 0.0717 e. The minimum atomic E-state index is 0.765. The molecule has 0 aromatic heterocycles.